The lowest BCUT2D eigenvalue weighted by atomic mass is 9.46. The highest BCUT2D eigenvalue weighted by molar-refractivity contribution is 5.93. The third-order valence-electron chi connectivity index (χ3n) is 10.2. The molecule has 1 aliphatic heterocycles. The van der Waals surface area contributed by atoms with E-state index in [1.165, 1.54) is 0 Å². The smallest absolute Gasteiger partial charge is 0.257 e. The predicted molar refractivity (Wildman–Crippen MR) is 126 cm³/mol. The van der Waals surface area contributed by atoms with Gasteiger partial charge in [0.05, 0.1) is 7.11 Å². The summed E-state index contributed by atoms with van der Waals surface area (Å²) in [6, 6.07) is 7.64. The molecule has 0 bridgehead atoms. The van der Waals surface area contributed by atoms with Gasteiger partial charge in [-0.1, -0.05) is 13.8 Å². The third-order valence-corrected chi connectivity index (χ3v) is 10.2. The van der Waals surface area contributed by atoms with Crippen LogP contribution in [0.1, 0.15) is 58.8 Å². The number of ether oxygens (including phenoxy) is 1. The van der Waals surface area contributed by atoms with Crippen molar-refractivity contribution in [3.63, 3.8) is 0 Å². The fraction of sp³-hybridized carbons (Fsp3) is 0.704. The minimum absolute atomic E-state index is 0.000567. The van der Waals surface area contributed by atoms with Gasteiger partial charge >= 0.3 is 0 Å². The number of halogens is 1. The second-order valence-electron chi connectivity index (χ2n) is 11.5. The second kappa shape index (κ2) is 7.99. The highest BCUT2D eigenvalue weighted by Gasteiger charge is 2.63. The zero-order valence-corrected chi connectivity index (χ0v) is 20.3. The van der Waals surface area contributed by atoms with Crippen LogP contribution in [0.3, 0.4) is 0 Å². The van der Waals surface area contributed by atoms with Gasteiger partial charge in [0, 0.05) is 24.7 Å². The Labute approximate surface area is 196 Å². The quantitative estimate of drug-likeness (QED) is 0.692. The van der Waals surface area contributed by atoms with Gasteiger partial charge in [0.25, 0.3) is 5.91 Å². The van der Waals surface area contributed by atoms with Crippen LogP contribution in [-0.2, 0) is 9.59 Å². The van der Waals surface area contributed by atoms with Crippen molar-refractivity contribution in [1.82, 2.24) is 4.90 Å². The highest BCUT2D eigenvalue weighted by Crippen LogP contribution is 2.66. The summed E-state index contributed by atoms with van der Waals surface area (Å²) in [5, 5.41) is 3.15. The van der Waals surface area contributed by atoms with E-state index >= 15 is 0 Å². The molecule has 3 unspecified atom stereocenters. The van der Waals surface area contributed by atoms with Crippen molar-refractivity contribution in [2.75, 3.05) is 19.5 Å². The summed E-state index contributed by atoms with van der Waals surface area (Å²) in [6.07, 6.45) is 4.99. The van der Waals surface area contributed by atoms with E-state index < -0.39 is 6.17 Å². The number of carbonyl (C=O) groups excluding carboxylic acids is 2. The summed E-state index contributed by atoms with van der Waals surface area (Å²) in [5.41, 5.74) is 0.612. The van der Waals surface area contributed by atoms with Crippen LogP contribution < -0.4 is 10.1 Å². The molecular formula is C27H37FN2O3. The first kappa shape index (κ1) is 22.7. The average molecular weight is 457 g/mol. The van der Waals surface area contributed by atoms with Crippen LogP contribution >= 0.6 is 0 Å². The number of fused-ring (bicyclic) bond motifs is 5. The Morgan fingerprint density at radius 3 is 2.45 bits per heavy atom. The lowest BCUT2D eigenvalue weighted by molar-refractivity contribution is -0.169. The number of alkyl halides is 1. The average Bonchev–Trinajstić information content (AvgIpc) is 3.15. The van der Waals surface area contributed by atoms with Crippen LogP contribution in [0.2, 0.25) is 0 Å². The molecule has 4 fully saturated rings. The van der Waals surface area contributed by atoms with E-state index in [9.17, 15) is 14.0 Å². The van der Waals surface area contributed by atoms with Gasteiger partial charge in [-0.15, -0.1) is 0 Å². The lowest BCUT2D eigenvalue weighted by Gasteiger charge is -2.62. The van der Waals surface area contributed by atoms with Crippen LogP contribution in [-0.4, -0.2) is 43.1 Å². The summed E-state index contributed by atoms with van der Waals surface area (Å²) < 4.78 is 19.9. The van der Waals surface area contributed by atoms with Crippen molar-refractivity contribution in [3.05, 3.63) is 24.3 Å². The molecule has 0 radical (unpaired) electrons. The first-order chi connectivity index (χ1) is 15.7. The molecule has 0 aromatic heterocycles. The molecule has 1 aromatic carbocycles. The maximum atomic E-state index is 14.7. The van der Waals surface area contributed by atoms with Crippen LogP contribution in [0.4, 0.5) is 10.1 Å². The van der Waals surface area contributed by atoms with Crippen LogP contribution in [0.25, 0.3) is 0 Å². The Bertz CT molecular complexity index is 936. The molecular weight excluding hydrogens is 419 g/mol. The van der Waals surface area contributed by atoms with E-state index in [1.54, 1.807) is 19.1 Å². The SMILES string of the molecule is COc1ccc(NC(=O)C2CC[C@H]3[C@@H]4CCC5N(C)C(=O)C(F)C[C@]5(C)[C@@H]4CC[C@]23C)cc1. The van der Waals surface area contributed by atoms with Crippen molar-refractivity contribution in [2.45, 2.75) is 71.0 Å². The summed E-state index contributed by atoms with van der Waals surface area (Å²) in [6.45, 7) is 4.55. The number of rotatable bonds is 3. The van der Waals surface area contributed by atoms with Gasteiger partial charge in [0.2, 0.25) is 5.91 Å². The number of hydrogen-bond donors (Lipinski definition) is 1. The lowest BCUT2D eigenvalue weighted by Crippen LogP contribution is -2.64. The molecule has 1 saturated heterocycles. The largest absolute Gasteiger partial charge is 0.497 e. The number of hydrogen-bond acceptors (Lipinski definition) is 3. The number of nitrogens with one attached hydrogen (secondary N) is 1. The standard InChI is InChI=1S/C27H37FN2O3/c1-26-14-13-20-18(9-12-23-27(20,2)15-22(28)25(32)30(23)3)19(26)10-11-21(26)24(31)29-16-5-7-17(33-4)8-6-16/h5-8,18-23H,9-15H2,1-4H3,(H,29,31)/t18-,19-,20+,21?,22?,23?,26-,27+/m0/s1. The van der Waals surface area contributed by atoms with E-state index in [4.69, 9.17) is 4.74 Å². The first-order valence-electron chi connectivity index (χ1n) is 12.5. The molecule has 8 atom stereocenters. The highest BCUT2D eigenvalue weighted by atomic mass is 19.1. The van der Waals surface area contributed by atoms with Crippen molar-refractivity contribution in [3.8, 4) is 5.75 Å². The molecule has 33 heavy (non-hydrogen) atoms. The number of benzene rings is 1. The number of amides is 2. The summed E-state index contributed by atoms with van der Waals surface area (Å²) in [4.78, 5) is 27.4. The molecule has 6 heteroatoms. The fourth-order valence-corrected chi connectivity index (χ4v) is 8.54. The number of carbonyl (C=O) groups is 2. The molecule has 1 heterocycles. The van der Waals surface area contributed by atoms with Crippen LogP contribution in [0.15, 0.2) is 24.3 Å². The first-order valence-corrected chi connectivity index (χ1v) is 12.5. The molecule has 0 spiro atoms. The molecule has 2 amide bonds. The summed E-state index contributed by atoms with van der Waals surface area (Å²) in [7, 11) is 3.42. The van der Waals surface area contributed by atoms with Gasteiger partial charge < -0.3 is 15.0 Å². The summed E-state index contributed by atoms with van der Waals surface area (Å²) in [5.74, 6) is 1.98. The molecule has 5 rings (SSSR count). The Hall–Kier alpha value is -2.11. The minimum Gasteiger partial charge on any atom is -0.497 e. The molecule has 4 aliphatic rings. The van der Waals surface area contributed by atoms with Gasteiger partial charge in [0.1, 0.15) is 5.75 Å². The van der Waals surface area contributed by atoms with Crippen LogP contribution in [0, 0.1) is 34.5 Å². The van der Waals surface area contributed by atoms with E-state index in [0.717, 1.165) is 50.0 Å². The zero-order valence-electron chi connectivity index (χ0n) is 20.3. The number of likely N-dealkylation sites (tertiary alicyclic amines) is 1. The van der Waals surface area contributed by atoms with Crippen molar-refractivity contribution < 1.29 is 18.7 Å². The normalized spacial score (nSPS) is 42.2. The van der Waals surface area contributed by atoms with Crippen molar-refractivity contribution in [2.24, 2.45) is 34.5 Å². The van der Waals surface area contributed by atoms with E-state index in [2.05, 4.69) is 19.2 Å². The molecule has 1 aromatic rings. The van der Waals surface area contributed by atoms with Crippen molar-refractivity contribution >= 4 is 17.5 Å². The maximum absolute atomic E-state index is 14.7. The van der Waals surface area contributed by atoms with Gasteiger partial charge in [-0.3, -0.25) is 9.59 Å². The predicted octanol–water partition coefficient (Wildman–Crippen LogP) is 5.06. The Morgan fingerprint density at radius 2 is 1.76 bits per heavy atom. The fourth-order valence-electron chi connectivity index (χ4n) is 8.54. The van der Waals surface area contributed by atoms with Gasteiger partial charge in [-0.05, 0) is 97.8 Å². The zero-order chi connectivity index (χ0) is 23.5. The summed E-state index contributed by atoms with van der Waals surface area (Å²) >= 11 is 0. The second-order valence-corrected chi connectivity index (χ2v) is 11.5. The van der Waals surface area contributed by atoms with Gasteiger partial charge in [0.15, 0.2) is 6.17 Å². The number of methoxy groups -OCH3 is 1. The van der Waals surface area contributed by atoms with Gasteiger partial charge in [-0.2, -0.15) is 0 Å². The monoisotopic (exact) mass is 456 g/mol. The molecule has 180 valence electrons. The Kier molecular flexibility index (Phi) is 5.49. The number of piperidine rings is 1. The van der Waals surface area contributed by atoms with Gasteiger partial charge in [-0.25, -0.2) is 4.39 Å². The van der Waals surface area contributed by atoms with E-state index in [1.807, 2.05) is 24.3 Å². The van der Waals surface area contributed by atoms with Crippen LogP contribution in [0.5, 0.6) is 5.75 Å². The molecule has 1 N–H and O–H groups in total. The maximum Gasteiger partial charge on any atom is 0.257 e. The topological polar surface area (TPSA) is 58.6 Å². The number of nitrogens with zero attached hydrogens (tertiary/aromatic N) is 1. The molecule has 5 nitrogen and oxygen atoms in total. The van der Waals surface area contributed by atoms with E-state index in [0.29, 0.717) is 24.2 Å². The Balaban J connectivity index is 1.34. The van der Waals surface area contributed by atoms with E-state index in [-0.39, 0.29) is 34.6 Å². The number of anilines is 1. The Morgan fingerprint density at radius 1 is 1.06 bits per heavy atom. The van der Waals surface area contributed by atoms with Crippen molar-refractivity contribution in [1.29, 1.82) is 0 Å². The molecule has 3 aliphatic carbocycles. The third kappa shape index (κ3) is 3.38. The minimum atomic E-state index is -1.38. The molecule has 3 saturated carbocycles.